The third-order valence-electron chi connectivity index (χ3n) is 3.07. The number of benzene rings is 2. The minimum absolute atomic E-state index is 0.138. The molecule has 0 spiro atoms. The first kappa shape index (κ1) is 13.1. The Bertz CT molecular complexity index is 585. The molecule has 0 aromatic heterocycles. The molecule has 0 amide bonds. The molecule has 96 valence electrons. The molecule has 0 bridgehead atoms. The fraction of sp³-hybridized carbons (Fsp3) is 0.118. The van der Waals surface area contributed by atoms with Gasteiger partial charge in [-0.25, -0.2) is 0 Å². The summed E-state index contributed by atoms with van der Waals surface area (Å²) < 4.78 is 0. The molecule has 2 nitrogen and oxygen atoms in total. The second kappa shape index (κ2) is 6.01. The lowest BCUT2D eigenvalue weighted by Crippen LogP contribution is -2.00. The highest BCUT2D eigenvalue weighted by Crippen LogP contribution is 2.25. The predicted octanol–water partition coefficient (Wildman–Crippen LogP) is 3.77. The molecule has 0 heterocycles. The summed E-state index contributed by atoms with van der Waals surface area (Å²) in [5, 5.41) is 8.80. The predicted molar refractivity (Wildman–Crippen MR) is 77.0 cm³/mol. The largest absolute Gasteiger partial charge is 0.481 e. The third kappa shape index (κ3) is 3.32. The Morgan fingerprint density at radius 3 is 2.32 bits per heavy atom. The van der Waals surface area contributed by atoms with Gasteiger partial charge in [0.1, 0.15) is 0 Å². The van der Waals surface area contributed by atoms with Gasteiger partial charge in [0.05, 0.1) is 0 Å². The number of hydrogen-bond acceptors (Lipinski definition) is 1. The average Bonchev–Trinajstić information content (AvgIpc) is 2.45. The van der Waals surface area contributed by atoms with Crippen LogP contribution < -0.4 is 0 Å². The smallest absolute Gasteiger partial charge is 0.303 e. The summed E-state index contributed by atoms with van der Waals surface area (Å²) >= 11 is 0. The average molecular weight is 252 g/mol. The van der Waals surface area contributed by atoms with Gasteiger partial charge in [0.2, 0.25) is 0 Å². The Morgan fingerprint density at radius 2 is 1.63 bits per heavy atom. The molecule has 1 N–H and O–H groups in total. The topological polar surface area (TPSA) is 37.3 Å². The Labute approximate surface area is 113 Å². The molecule has 0 aliphatic carbocycles. The molecule has 2 heteroatoms. The van der Waals surface area contributed by atoms with Crippen molar-refractivity contribution in [1.29, 1.82) is 0 Å². The van der Waals surface area contributed by atoms with Crippen LogP contribution >= 0.6 is 0 Å². The molecule has 0 saturated heterocycles. The molecule has 0 unspecified atom stereocenters. The molecule has 0 aliphatic heterocycles. The van der Waals surface area contributed by atoms with Crippen molar-refractivity contribution in [2.75, 3.05) is 0 Å². The van der Waals surface area contributed by atoms with Crippen molar-refractivity contribution < 1.29 is 9.90 Å². The fourth-order valence-corrected chi connectivity index (χ4v) is 2.07. The number of carboxylic acid groups (broad SMARTS) is 1. The molecule has 0 aliphatic rings. The monoisotopic (exact) mass is 252 g/mol. The number of carbonyl (C=O) groups is 1. The van der Waals surface area contributed by atoms with E-state index < -0.39 is 5.97 Å². The highest BCUT2D eigenvalue weighted by Gasteiger charge is 2.08. The Morgan fingerprint density at radius 1 is 1.00 bits per heavy atom. The lowest BCUT2D eigenvalue weighted by Gasteiger charge is -2.11. The summed E-state index contributed by atoms with van der Waals surface area (Å²) in [5.74, 6) is -0.778. The van der Waals surface area contributed by atoms with E-state index in [1.807, 2.05) is 54.6 Å². The van der Waals surface area contributed by atoms with Crippen molar-refractivity contribution in [3.8, 4) is 0 Å². The standard InChI is InChI=1S/C17H16O2/c1-13(14-7-3-2-4-8-14)16-10-6-5-9-15(16)11-12-17(18)19/h2-10H,1,11-12H2,(H,18,19). The summed E-state index contributed by atoms with van der Waals surface area (Å²) in [4.78, 5) is 10.7. The van der Waals surface area contributed by atoms with Crippen LogP contribution in [0.25, 0.3) is 5.57 Å². The normalized spacial score (nSPS) is 10.1. The molecular weight excluding hydrogens is 236 g/mol. The number of rotatable bonds is 5. The van der Waals surface area contributed by atoms with Crippen LogP contribution in [-0.4, -0.2) is 11.1 Å². The third-order valence-corrected chi connectivity index (χ3v) is 3.07. The van der Waals surface area contributed by atoms with Crippen LogP contribution in [0.4, 0.5) is 0 Å². The summed E-state index contributed by atoms with van der Waals surface area (Å²) in [7, 11) is 0. The maximum absolute atomic E-state index is 10.7. The van der Waals surface area contributed by atoms with Gasteiger partial charge in [0, 0.05) is 6.42 Å². The number of carboxylic acids is 1. The van der Waals surface area contributed by atoms with Crippen molar-refractivity contribution in [3.05, 3.63) is 77.9 Å². The molecule has 19 heavy (non-hydrogen) atoms. The molecule has 2 rings (SSSR count). The Kier molecular flexibility index (Phi) is 4.14. The van der Waals surface area contributed by atoms with E-state index in [1.54, 1.807) is 0 Å². The fourth-order valence-electron chi connectivity index (χ4n) is 2.07. The van der Waals surface area contributed by atoms with E-state index in [4.69, 9.17) is 5.11 Å². The number of hydrogen-bond donors (Lipinski definition) is 1. The molecule has 0 radical (unpaired) electrons. The second-order valence-corrected chi connectivity index (χ2v) is 4.40. The lowest BCUT2D eigenvalue weighted by molar-refractivity contribution is -0.136. The van der Waals surface area contributed by atoms with Crippen LogP contribution in [0.5, 0.6) is 0 Å². The van der Waals surface area contributed by atoms with E-state index in [1.165, 1.54) is 0 Å². The van der Waals surface area contributed by atoms with Gasteiger partial charge in [-0.15, -0.1) is 0 Å². The van der Waals surface area contributed by atoms with E-state index in [-0.39, 0.29) is 6.42 Å². The Hall–Kier alpha value is -2.35. The van der Waals surface area contributed by atoms with Gasteiger partial charge in [-0.2, -0.15) is 0 Å². The van der Waals surface area contributed by atoms with Crippen LogP contribution in [0.1, 0.15) is 23.1 Å². The van der Waals surface area contributed by atoms with Crippen LogP contribution in [0.3, 0.4) is 0 Å². The van der Waals surface area contributed by atoms with Crippen LogP contribution in [-0.2, 0) is 11.2 Å². The minimum Gasteiger partial charge on any atom is -0.481 e. The maximum Gasteiger partial charge on any atom is 0.303 e. The van der Waals surface area contributed by atoms with Crippen molar-refractivity contribution >= 4 is 11.5 Å². The van der Waals surface area contributed by atoms with Crippen molar-refractivity contribution in [2.45, 2.75) is 12.8 Å². The quantitative estimate of drug-likeness (QED) is 0.879. The molecule has 2 aromatic carbocycles. The van der Waals surface area contributed by atoms with Crippen LogP contribution in [0.2, 0.25) is 0 Å². The molecule has 0 fully saturated rings. The maximum atomic E-state index is 10.7. The zero-order valence-corrected chi connectivity index (χ0v) is 10.7. The highest BCUT2D eigenvalue weighted by molar-refractivity contribution is 5.80. The van der Waals surface area contributed by atoms with Crippen molar-refractivity contribution in [1.82, 2.24) is 0 Å². The van der Waals surface area contributed by atoms with Crippen molar-refractivity contribution in [2.24, 2.45) is 0 Å². The van der Waals surface area contributed by atoms with E-state index in [2.05, 4.69) is 6.58 Å². The van der Waals surface area contributed by atoms with E-state index in [0.717, 1.165) is 22.3 Å². The molecule has 0 atom stereocenters. The van der Waals surface area contributed by atoms with Crippen LogP contribution in [0, 0.1) is 0 Å². The van der Waals surface area contributed by atoms with Gasteiger partial charge < -0.3 is 5.11 Å². The van der Waals surface area contributed by atoms with E-state index in [0.29, 0.717) is 6.42 Å². The van der Waals surface area contributed by atoms with E-state index >= 15 is 0 Å². The summed E-state index contributed by atoms with van der Waals surface area (Å²) in [5.41, 5.74) is 4.04. The zero-order valence-electron chi connectivity index (χ0n) is 10.7. The first-order chi connectivity index (χ1) is 9.18. The summed E-state index contributed by atoms with van der Waals surface area (Å²) in [6, 6.07) is 17.8. The van der Waals surface area contributed by atoms with Gasteiger partial charge >= 0.3 is 5.97 Å². The first-order valence-corrected chi connectivity index (χ1v) is 6.23. The van der Waals surface area contributed by atoms with Gasteiger partial charge in [-0.1, -0.05) is 61.2 Å². The summed E-state index contributed by atoms with van der Waals surface area (Å²) in [6.07, 6.45) is 0.663. The molecule has 0 saturated carbocycles. The second-order valence-electron chi connectivity index (χ2n) is 4.40. The number of aliphatic carboxylic acids is 1. The van der Waals surface area contributed by atoms with E-state index in [9.17, 15) is 4.79 Å². The van der Waals surface area contributed by atoms with Gasteiger partial charge in [0.15, 0.2) is 0 Å². The number of aryl methyl sites for hydroxylation is 1. The molecular formula is C17H16O2. The van der Waals surface area contributed by atoms with Gasteiger partial charge in [-0.3, -0.25) is 4.79 Å². The SMILES string of the molecule is C=C(c1ccccc1)c1ccccc1CCC(=O)O. The highest BCUT2D eigenvalue weighted by atomic mass is 16.4. The van der Waals surface area contributed by atoms with Gasteiger partial charge in [0.25, 0.3) is 0 Å². The zero-order chi connectivity index (χ0) is 13.7. The minimum atomic E-state index is -0.778. The van der Waals surface area contributed by atoms with Crippen LogP contribution in [0.15, 0.2) is 61.2 Å². The first-order valence-electron chi connectivity index (χ1n) is 6.23. The Balaban J connectivity index is 2.29. The lowest BCUT2D eigenvalue weighted by atomic mass is 9.93. The van der Waals surface area contributed by atoms with Crippen molar-refractivity contribution in [3.63, 3.8) is 0 Å². The molecule has 2 aromatic rings. The summed E-state index contributed by atoms with van der Waals surface area (Å²) in [6.45, 7) is 4.14. The van der Waals surface area contributed by atoms with Gasteiger partial charge in [-0.05, 0) is 28.7 Å².